The van der Waals surface area contributed by atoms with Crippen LogP contribution in [0.2, 0.25) is 0 Å². The number of ether oxygens (including phenoxy) is 2. The maximum Gasteiger partial charge on any atom is 0.254 e. The highest BCUT2D eigenvalue weighted by Crippen LogP contribution is 2.19. The number of amides is 1. The van der Waals surface area contributed by atoms with E-state index in [1.54, 1.807) is 19.1 Å². The molecular weight excluding hydrogens is 296 g/mol. The lowest BCUT2D eigenvalue weighted by Gasteiger charge is -2.15. The molecule has 0 bridgehead atoms. The third kappa shape index (κ3) is 3.41. The first-order chi connectivity index (χ1) is 9.86. The van der Waals surface area contributed by atoms with Crippen LogP contribution in [0.25, 0.3) is 0 Å². The maximum atomic E-state index is 12.4. The van der Waals surface area contributed by atoms with Crippen LogP contribution in [-0.4, -0.2) is 58.7 Å². The third-order valence-corrected chi connectivity index (χ3v) is 4.47. The Hall–Kier alpha value is -1.48. The number of primary sulfonamides is 1. The predicted molar refractivity (Wildman–Crippen MR) is 75.3 cm³/mol. The molecule has 1 fully saturated rings. The summed E-state index contributed by atoms with van der Waals surface area (Å²) < 4.78 is 32.9. The van der Waals surface area contributed by atoms with Crippen molar-refractivity contribution in [1.82, 2.24) is 4.90 Å². The standard InChI is InChI=1S/C13H18N2O5S/c1-19-11-7-15(8-12(11)20-2)13(16)9-3-5-10(6-4-9)21(14,17)18/h3-6,11-12H,7-8H2,1-2H3,(H2,14,17,18). The van der Waals surface area contributed by atoms with Gasteiger partial charge in [-0.05, 0) is 24.3 Å². The lowest BCUT2D eigenvalue weighted by molar-refractivity contribution is -0.00461. The summed E-state index contributed by atoms with van der Waals surface area (Å²) >= 11 is 0. The molecule has 21 heavy (non-hydrogen) atoms. The van der Waals surface area contributed by atoms with Crippen LogP contribution < -0.4 is 5.14 Å². The van der Waals surface area contributed by atoms with Gasteiger partial charge >= 0.3 is 0 Å². The molecule has 1 aromatic rings. The van der Waals surface area contributed by atoms with Crippen molar-refractivity contribution in [2.24, 2.45) is 5.14 Å². The third-order valence-electron chi connectivity index (χ3n) is 3.54. The summed E-state index contributed by atoms with van der Waals surface area (Å²) in [5.41, 5.74) is 0.397. The highest BCUT2D eigenvalue weighted by molar-refractivity contribution is 7.89. The number of sulfonamides is 1. The van der Waals surface area contributed by atoms with Crippen LogP contribution in [0, 0.1) is 0 Å². The fraction of sp³-hybridized carbons (Fsp3) is 0.462. The second kappa shape index (κ2) is 6.10. The summed E-state index contributed by atoms with van der Waals surface area (Å²) in [6.45, 7) is 0.871. The SMILES string of the molecule is COC1CN(C(=O)c2ccc(S(N)(=O)=O)cc2)CC1OC. The van der Waals surface area contributed by atoms with Crippen LogP contribution in [0.3, 0.4) is 0 Å². The number of carbonyl (C=O) groups is 1. The minimum atomic E-state index is -3.75. The van der Waals surface area contributed by atoms with Crippen molar-refractivity contribution >= 4 is 15.9 Å². The molecule has 0 spiro atoms. The van der Waals surface area contributed by atoms with Gasteiger partial charge in [-0.1, -0.05) is 0 Å². The van der Waals surface area contributed by atoms with Gasteiger partial charge in [0.2, 0.25) is 10.0 Å². The van der Waals surface area contributed by atoms with Gasteiger partial charge in [0.25, 0.3) is 5.91 Å². The van der Waals surface area contributed by atoms with Crippen LogP contribution in [0.1, 0.15) is 10.4 Å². The van der Waals surface area contributed by atoms with Crippen molar-refractivity contribution in [3.63, 3.8) is 0 Å². The molecule has 1 aromatic carbocycles. The van der Waals surface area contributed by atoms with E-state index >= 15 is 0 Å². The zero-order valence-corrected chi connectivity index (χ0v) is 12.7. The van der Waals surface area contributed by atoms with Crippen LogP contribution in [0.5, 0.6) is 0 Å². The molecule has 1 heterocycles. The molecule has 2 atom stereocenters. The summed E-state index contributed by atoms with van der Waals surface area (Å²) in [7, 11) is -0.605. The van der Waals surface area contributed by atoms with Gasteiger partial charge in [0.05, 0.1) is 4.90 Å². The van der Waals surface area contributed by atoms with E-state index in [2.05, 4.69) is 0 Å². The largest absolute Gasteiger partial charge is 0.377 e. The molecule has 1 aliphatic rings. The van der Waals surface area contributed by atoms with Gasteiger partial charge in [-0.2, -0.15) is 0 Å². The molecule has 1 saturated heterocycles. The average molecular weight is 314 g/mol. The van der Waals surface area contributed by atoms with E-state index in [0.29, 0.717) is 18.7 Å². The molecule has 7 nitrogen and oxygen atoms in total. The van der Waals surface area contributed by atoms with Crippen molar-refractivity contribution in [2.75, 3.05) is 27.3 Å². The lowest BCUT2D eigenvalue weighted by atomic mass is 10.2. The molecular formula is C13H18N2O5S. The quantitative estimate of drug-likeness (QED) is 0.831. The van der Waals surface area contributed by atoms with Crippen LogP contribution in [0.15, 0.2) is 29.2 Å². The molecule has 1 aliphatic heterocycles. The molecule has 2 rings (SSSR count). The Morgan fingerprint density at radius 1 is 1.14 bits per heavy atom. The Kier molecular flexibility index (Phi) is 4.62. The van der Waals surface area contributed by atoms with Crippen LogP contribution in [-0.2, 0) is 19.5 Å². The van der Waals surface area contributed by atoms with E-state index in [9.17, 15) is 13.2 Å². The van der Waals surface area contributed by atoms with Crippen LogP contribution in [0.4, 0.5) is 0 Å². The van der Waals surface area contributed by atoms with Crippen molar-refractivity contribution < 1.29 is 22.7 Å². The highest BCUT2D eigenvalue weighted by atomic mass is 32.2. The first-order valence-corrected chi connectivity index (χ1v) is 7.89. The average Bonchev–Trinajstić information content (AvgIpc) is 2.89. The molecule has 0 aliphatic carbocycles. The van der Waals surface area contributed by atoms with Gasteiger partial charge in [-0.25, -0.2) is 13.6 Å². The zero-order valence-electron chi connectivity index (χ0n) is 11.9. The van der Waals surface area contributed by atoms with Crippen molar-refractivity contribution in [3.8, 4) is 0 Å². The summed E-state index contributed by atoms with van der Waals surface area (Å²) in [5.74, 6) is -0.197. The smallest absolute Gasteiger partial charge is 0.254 e. The second-order valence-corrected chi connectivity index (χ2v) is 6.39. The monoisotopic (exact) mass is 314 g/mol. The Labute approximate surface area is 123 Å². The number of benzene rings is 1. The summed E-state index contributed by atoms with van der Waals surface area (Å²) in [6.07, 6.45) is -0.328. The van der Waals surface area contributed by atoms with Crippen molar-refractivity contribution in [3.05, 3.63) is 29.8 Å². The Morgan fingerprint density at radius 2 is 1.62 bits per heavy atom. The minimum Gasteiger partial charge on any atom is -0.377 e. The van der Waals surface area contributed by atoms with Gasteiger partial charge in [-0.3, -0.25) is 4.79 Å². The first kappa shape index (κ1) is 15.9. The van der Waals surface area contributed by atoms with Gasteiger partial charge in [0, 0.05) is 32.9 Å². The summed E-state index contributed by atoms with van der Waals surface area (Å²) in [4.78, 5) is 14.0. The normalized spacial score (nSPS) is 22.5. The van der Waals surface area contributed by atoms with Gasteiger partial charge in [-0.15, -0.1) is 0 Å². The van der Waals surface area contributed by atoms with Gasteiger partial charge in [0.15, 0.2) is 0 Å². The number of nitrogens with zero attached hydrogens (tertiary/aromatic N) is 1. The van der Waals surface area contributed by atoms with E-state index in [1.165, 1.54) is 24.3 Å². The van der Waals surface area contributed by atoms with Crippen molar-refractivity contribution in [2.45, 2.75) is 17.1 Å². The van der Waals surface area contributed by atoms with Gasteiger partial charge < -0.3 is 14.4 Å². The molecule has 8 heteroatoms. The van der Waals surface area contributed by atoms with Crippen molar-refractivity contribution in [1.29, 1.82) is 0 Å². The van der Waals surface area contributed by atoms with E-state index in [-0.39, 0.29) is 23.0 Å². The first-order valence-electron chi connectivity index (χ1n) is 6.34. The minimum absolute atomic E-state index is 0.0231. The Bertz CT molecular complexity index is 602. The highest BCUT2D eigenvalue weighted by Gasteiger charge is 2.35. The molecule has 2 unspecified atom stereocenters. The van der Waals surface area contributed by atoms with E-state index in [0.717, 1.165) is 0 Å². The van der Waals surface area contributed by atoms with E-state index in [4.69, 9.17) is 14.6 Å². The number of carbonyl (C=O) groups excluding carboxylic acids is 1. The number of nitrogens with two attached hydrogens (primary N) is 1. The predicted octanol–water partition coefficient (Wildman–Crippen LogP) is -0.180. The number of methoxy groups -OCH3 is 2. The van der Waals surface area contributed by atoms with E-state index < -0.39 is 10.0 Å². The molecule has 0 saturated carbocycles. The molecule has 1 amide bonds. The Morgan fingerprint density at radius 3 is 2.00 bits per heavy atom. The number of rotatable bonds is 4. The second-order valence-electron chi connectivity index (χ2n) is 4.83. The lowest BCUT2D eigenvalue weighted by Crippen LogP contribution is -2.30. The number of hydrogen-bond acceptors (Lipinski definition) is 5. The fourth-order valence-electron chi connectivity index (χ4n) is 2.33. The topological polar surface area (TPSA) is 98.9 Å². The molecule has 0 radical (unpaired) electrons. The molecule has 2 N–H and O–H groups in total. The number of likely N-dealkylation sites (tertiary alicyclic amines) is 1. The Balaban J connectivity index is 2.14. The fourth-order valence-corrected chi connectivity index (χ4v) is 2.85. The summed E-state index contributed by atoms with van der Waals surface area (Å²) in [6, 6.07) is 5.54. The maximum absolute atomic E-state index is 12.4. The number of hydrogen-bond donors (Lipinski definition) is 1. The summed E-state index contributed by atoms with van der Waals surface area (Å²) in [5, 5.41) is 5.02. The molecule has 116 valence electrons. The zero-order chi connectivity index (χ0) is 15.6. The van der Waals surface area contributed by atoms with E-state index in [1.807, 2.05) is 0 Å². The van der Waals surface area contributed by atoms with Gasteiger partial charge in [0.1, 0.15) is 12.2 Å². The van der Waals surface area contributed by atoms with Crippen LogP contribution >= 0.6 is 0 Å². The molecule has 0 aromatic heterocycles.